The zero-order chi connectivity index (χ0) is 18.6. The Morgan fingerprint density at radius 3 is 2.81 bits per heavy atom. The highest BCUT2D eigenvalue weighted by Gasteiger charge is 2.47. The van der Waals surface area contributed by atoms with Crippen LogP contribution in [0.5, 0.6) is 0 Å². The molecule has 0 bridgehead atoms. The van der Waals surface area contributed by atoms with E-state index in [2.05, 4.69) is 21.6 Å². The van der Waals surface area contributed by atoms with Crippen molar-refractivity contribution in [2.24, 2.45) is 0 Å². The first-order valence-corrected chi connectivity index (χ1v) is 9.42. The average Bonchev–Trinajstić information content (AvgIpc) is 3.17. The van der Waals surface area contributed by atoms with Crippen molar-refractivity contribution in [3.63, 3.8) is 0 Å². The maximum absolute atomic E-state index is 12.8. The second kappa shape index (κ2) is 6.12. The van der Waals surface area contributed by atoms with Gasteiger partial charge in [0.2, 0.25) is 11.8 Å². The zero-order valence-electron chi connectivity index (χ0n) is 15.0. The topological polar surface area (TPSA) is 91.0 Å². The fourth-order valence-electron chi connectivity index (χ4n) is 4.48. The summed E-state index contributed by atoms with van der Waals surface area (Å²) in [4.78, 5) is 40.2. The molecule has 3 amide bonds. The summed E-state index contributed by atoms with van der Waals surface area (Å²) in [7, 11) is 0. The number of benzene rings is 1. The Morgan fingerprint density at radius 2 is 2.07 bits per heavy atom. The van der Waals surface area contributed by atoms with Gasteiger partial charge in [-0.15, -0.1) is 0 Å². The molecule has 0 aromatic heterocycles. The van der Waals surface area contributed by atoms with Gasteiger partial charge in [-0.25, -0.2) is 0 Å². The van der Waals surface area contributed by atoms with Crippen molar-refractivity contribution >= 4 is 17.7 Å². The highest BCUT2D eigenvalue weighted by molar-refractivity contribution is 6.05. The van der Waals surface area contributed by atoms with Gasteiger partial charge in [-0.05, 0) is 23.6 Å². The van der Waals surface area contributed by atoms with Crippen LogP contribution >= 0.6 is 0 Å². The number of carbonyl (C=O) groups is 3. The van der Waals surface area contributed by atoms with Crippen LogP contribution in [0.1, 0.15) is 34.3 Å². The van der Waals surface area contributed by atoms with Crippen molar-refractivity contribution in [1.82, 2.24) is 20.4 Å². The van der Waals surface area contributed by atoms with E-state index in [1.54, 1.807) is 4.90 Å². The number of hydrogen-bond donors (Lipinski definition) is 2. The Hall–Kier alpha value is -2.29. The molecule has 0 aliphatic carbocycles. The predicted molar refractivity (Wildman–Crippen MR) is 94.4 cm³/mol. The Bertz CT molecular complexity index is 835. The summed E-state index contributed by atoms with van der Waals surface area (Å²) in [6.07, 6.45) is 0.657. The number of piperidine rings is 1. The van der Waals surface area contributed by atoms with E-state index in [0.29, 0.717) is 18.5 Å². The largest absolute Gasteiger partial charge is 0.356 e. The molecule has 0 radical (unpaired) electrons. The van der Waals surface area contributed by atoms with Crippen LogP contribution in [-0.4, -0.2) is 65.5 Å². The lowest BCUT2D eigenvalue weighted by molar-refractivity contribution is -0.136. The minimum Gasteiger partial charge on any atom is -0.356 e. The molecule has 1 aromatic rings. The van der Waals surface area contributed by atoms with E-state index in [4.69, 9.17) is 4.74 Å². The first kappa shape index (κ1) is 16.9. The molecule has 1 aromatic carbocycles. The fourth-order valence-corrected chi connectivity index (χ4v) is 4.48. The van der Waals surface area contributed by atoms with Crippen LogP contribution in [0.3, 0.4) is 0 Å². The molecule has 1 atom stereocenters. The van der Waals surface area contributed by atoms with Gasteiger partial charge in [0.25, 0.3) is 5.91 Å². The number of ether oxygens (including phenoxy) is 1. The molecule has 2 N–H and O–H groups in total. The van der Waals surface area contributed by atoms with Crippen molar-refractivity contribution in [2.45, 2.75) is 37.7 Å². The molecule has 4 aliphatic rings. The van der Waals surface area contributed by atoms with Crippen LogP contribution in [-0.2, 0) is 27.4 Å². The first-order chi connectivity index (χ1) is 13.1. The van der Waals surface area contributed by atoms with Gasteiger partial charge >= 0.3 is 0 Å². The molecule has 0 saturated carbocycles. The maximum Gasteiger partial charge on any atom is 0.255 e. The first-order valence-electron chi connectivity index (χ1n) is 9.42. The number of nitrogens with one attached hydrogen (secondary N) is 2. The third-order valence-electron chi connectivity index (χ3n) is 6.07. The van der Waals surface area contributed by atoms with E-state index in [9.17, 15) is 14.4 Å². The summed E-state index contributed by atoms with van der Waals surface area (Å²) < 4.78 is 5.92. The highest BCUT2D eigenvalue weighted by atomic mass is 16.5. The van der Waals surface area contributed by atoms with E-state index >= 15 is 0 Å². The second-order valence-electron chi connectivity index (χ2n) is 7.71. The van der Waals surface area contributed by atoms with Crippen molar-refractivity contribution in [1.29, 1.82) is 0 Å². The molecule has 27 heavy (non-hydrogen) atoms. The molecule has 8 heteroatoms. The second-order valence-corrected chi connectivity index (χ2v) is 7.71. The molecule has 142 valence electrons. The molecular formula is C19H22N4O4. The monoisotopic (exact) mass is 370 g/mol. The minimum atomic E-state index is -0.567. The van der Waals surface area contributed by atoms with Crippen LogP contribution in [0.15, 0.2) is 18.2 Å². The third-order valence-corrected chi connectivity index (χ3v) is 6.07. The molecule has 4 heterocycles. The summed E-state index contributed by atoms with van der Waals surface area (Å²) in [6, 6.07) is 5.35. The van der Waals surface area contributed by atoms with Gasteiger partial charge in [-0.1, -0.05) is 12.1 Å². The van der Waals surface area contributed by atoms with Crippen LogP contribution in [0.4, 0.5) is 0 Å². The molecular weight excluding hydrogens is 348 g/mol. The third kappa shape index (κ3) is 2.67. The van der Waals surface area contributed by atoms with Crippen LogP contribution in [0.2, 0.25) is 0 Å². The van der Waals surface area contributed by atoms with Gasteiger partial charge in [0.1, 0.15) is 11.8 Å². The van der Waals surface area contributed by atoms with Crippen LogP contribution in [0.25, 0.3) is 0 Å². The average molecular weight is 370 g/mol. The molecule has 3 fully saturated rings. The highest BCUT2D eigenvalue weighted by Crippen LogP contribution is 2.31. The van der Waals surface area contributed by atoms with E-state index in [0.717, 1.165) is 43.9 Å². The molecule has 4 aliphatic heterocycles. The molecule has 3 saturated heterocycles. The van der Waals surface area contributed by atoms with E-state index in [-0.39, 0.29) is 29.9 Å². The van der Waals surface area contributed by atoms with Crippen molar-refractivity contribution in [2.75, 3.05) is 26.2 Å². The Morgan fingerprint density at radius 1 is 1.22 bits per heavy atom. The van der Waals surface area contributed by atoms with E-state index in [1.165, 1.54) is 0 Å². The summed E-state index contributed by atoms with van der Waals surface area (Å²) in [5.41, 5.74) is 2.57. The Balaban J connectivity index is 1.33. The SMILES string of the molecule is O=C1CCC(N2Cc3cc(CN4CCOC45CNC5)ccc3C2=O)C(=O)N1. The number of hydrogen-bond acceptors (Lipinski definition) is 6. The standard InChI is InChI=1S/C19H22N4O4/c24-16-4-3-15(17(25)21-16)23-9-13-7-12(1-2-14(13)18(23)26)8-22-5-6-27-19(22)10-20-11-19/h1-2,7,15,20H,3-6,8-11H2,(H,21,24,25). The van der Waals surface area contributed by atoms with Gasteiger partial charge in [0, 0.05) is 44.7 Å². The molecule has 1 spiro atoms. The minimum absolute atomic E-state index is 0.129. The summed E-state index contributed by atoms with van der Waals surface area (Å²) in [5, 5.41) is 5.61. The number of amides is 3. The summed E-state index contributed by atoms with van der Waals surface area (Å²) >= 11 is 0. The van der Waals surface area contributed by atoms with Gasteiger partial charge in [-0.2, -0.15) is 0 Å². The maximum atomic E-state index is 12.8. The van der Waals surface area contributed by atoms with Gasteiger partial charge in [0.15, 0.2) is 0 Å². The number of imide groups is 1. The van der Waals surface area contributed by atoms with Crippen LogP contribution in [0, 0.1) is 0 Å². The quantitative estimate of drug-likeness (QED) is 0.703. The van der Waals surface area contributed by atoms with Crippen molar-refractivity contribution < 1.29 is 19.1 Å². The van der Waals surface area contributed by atoms with Crippen LogP contribution < -0.4 is 10.6 Å². The predicted octanol–water partition coefficient (Wildman–Crippen LogP) is -0.421. The Kier molecular flexibility index (Phi) is 3.82. The lowest BCUT2D eigenvalue weighted by Crippen LogP contribution is -2.66. The summed E-state index contributed by atoms with van der Waals surface area (Å²) in [6.45, 7) is 4.53. The molecule has 8 nitrogen and oxygen atoms in total. The van der Waals surface area contributed by atoms with Crippen molar-refractivity contribution in [3.8, 4) is 0 Å². The number of carbonyl (C=O) groups excluding carboxylic acids is 3. The van der Waals surface area contributed by atoms with Gasteiger partial charge in [0.05, 0.1) is 6.61 Å². The normalized spacial score (nSPS) is 27.0. The smallest absolute Gasteiger partial charge is 0.255 e. The molecule has 1 unspecified atom stereocenters. The molecule has 5 rings (SSSR count). The van der Waals surface area contributed by atoms with Crippen molar-refractivity contribution in [3.05, 3.63) is 34.9 Å². The zero-order valence-corrected chi connectivity index (χ0v) is 15.0. The fraction of sp³-hybridized carbons (Fsp3) is 0.526. The van der Waals surface area contributed by atoms with Gasteiger partial charge in [-0.3, -0.25) is 24.6 Å². The summed E-state index contributed by atoms with van der Waals surface area (Å²) in [5.74, 6) is -0.772. The number of rotatable bonds is 3. The number of fused-ring (bicyclic) bond motifs is 1. The van der Waals surface area contributed by atoms with E-state index < -0.39 is 6.04 Å². The Labute approximate surface area is 156 Å². The van der Waals surface area contributed by atoms with Gasteiger partial charge < -0.3 is 15.0 Å². The number of nitrogens with zero attached hydrogens (tertiary/aromatic N) is 2. The lowest BCUT2D eigenvalue weighted by Gasteiger charge is -2.44. The van der Waals surface area contributed by atoms with E-state index in [1.807, 2.05) is 12.1 Å². The lowest BCUT2D eigenvalue weighted by atomic mass is 10.0.